The van der Waals surface area contributed by atoms with Crippen molar-refractivity contribution in [2.45, 2.75) is 6.92 Å². The first-order chi connectivity index (χ1) is 9.24. The maximum Gasteiger partial charge on any atom is 0.257 e. The summed E-state index contributed by atoms with van der Waals surface area (Å²) in [5.74, 6) is 0.417. The zero-order valence-corrected chi connectivity index (χ0v) is 10.5. The molecule has 2 heterocycles. The van der Waals surface area contributed by atoms with Gasteiger partial charge in [0.05, 0.1) is 0 Å². The number of H-pyrrole nitrogens is 1. The lowest BCUT2D eigenvalue weighted by Gasteiger charge is -2.06. The Bertz CT molecular complexity index is 746. The number of rotatable bonds is 2. The smallest absolute Gasteiger partial charge is 0.257 e. The van der Waals surface area contributed by atoms with Gasteiger partial charge in [0, 0.05) is 28.9 Å². The molecule has 0 saturated carbocycles. The van der Waals surface area contributed by atoms with Crippen molar-refractivity contribution in [1.82, 2.24) is 9.97 Å². The number of aryl methyl sites for hydroxylation is 1. The number of anilines is 1. The minimum atomic E-state index is -0.150. The molecule has 1 amide bonds. The molecule has 0 aliphatic carbocycles. The molecule has 2 aromatic heterocycles. The molecule has 3 aromatic rings. The number of pyridine rings is 1. The van der Waals surface area contributed by atoms with Gasteiger partial charge in [-0.25, -0.2) is 4.98 Å². The second-order valence-electron chi connectivity index (χ2n) is 4.42. The van der Waals surface area contributed by atoms with Gasteiger partial charge in [0.1, 0.15) is 5.82 Å². The number of amides is 1. The lowest BCUT2D eigenvalue weighted by Crippen LogP contribution is -2.13. The number of aromatic nitrogens is 2. The van der Waals surface area contributed by atoms with Gasteiger partial charge in [-0.15, -0.1) is 0 Å². The molecule has 0 aliphatic rings. The second kappa shape index (κ2) is 4.57. The van der Waals surface area contributed by atoms with Crippen molar-refractivity contribution in [2.24, 2.45) is 0 Å². The van der Waals surface area contributed by atoms with E-state index < -0.39 is 0 Å². The summed E-state index contributed by atoms with van der Waals surface area (Å²) in [6.45, 7) is 1.96. The van der Waals surface area contributed by atoms with Crippen LogP contribution in [0.3, 0.4) is 0 Å². The van der Waals surface area contributed by atoms with Gasteiger partial charge in [-0.05, 0) is 42.8 Å². The van der Waals surface area contributed by atoms with E-state index >= 15 is 0 Å². The lowest BCUT2D eigenvalue weighted by atomic mass is 10.1. The highest BCUT2D eigenvalue weighted by atomic mass is 16.1. The predicted molar refractivity (Wildman–Crippen MR) is 75.2 cm³/mol. The summed E-state index contributed by atoms with van der Waals surface area (Å²) < 4.78 is 0. The van der Waals surface area contributed by atoms with Crippen LogP contribution in [0.5, 0.6) is 0 Å². The molecule has 0 saturated heterocycles. The maximum absolute atomic E-state index is 12.3. The van der Waals surface area contributed by atoms with E-state index in [4.69, 9.17) is 0 Å². The molecule has 1 aromatic carbocycles. The SMILES string of the molecule is Cc1ccnc(NC(=O)c2cccc3[nH]ccc23)c1. The molecule has 0 aliphatic heterocycles. The molecule has 3 rings (SSSR count). The fourth-order valence-corrected chi connectivity index (χ4v) is 2.07. The number of aromatic amines is 1. The Morgan fingerprint density at radius 3 is 3.00 bits per heavy atom. The molecular weight excluding hydrogens is 238 g/mol. The molecule has 0 spiro atoms. The van der Waals surface area contributed by atoms with Crippen molar-refractivity contribution in [2.75, 3.05) is 5.32 Å². The number of benzene rings is 1. The normalized spacial score (nSPS) is 10.6. The largest absolute Gasteiger partial charge is 0.361 e. The van der Waals surface area contributed by atoms with Crippen molar-refractivity contribution in [1.29, 1.82) is 0 Å². The van der Waals surface area contributed by atoms with Crippen LogP contribution in [-0.2, 0) is 0 Å². The van der Waals surface area contributed by atoms with Gasteiger partial charge in [-0.1, -0.05) is 6.07 Å². The Hall–Kier alpha value is -2.62. The molecule has 0 unspecified atom stereocenters. The highest BCUT2D eigenvalue weighted by molar-refractivity contribution is 6.12. The second-order valence-corrected chi connectivity index (χ2v) is 4.42. The number of hydrogen-bond donors (Lipinski definition) is 2. The highest BCUT2D eigenvalue weighted by Crippen LogP contribution is 2.18. The zero-order valence-electron chi connectivity index (χ0n) is 10.5. The molecule has 0 radical (unpaired) electrons. The predicted octanol–water partition coefficient (Wildman–Crippen LogP) is 3.12. The Morgan fingerprint density at radius 2 is 2.16 bits per heavy atom. The minimum Gasteiger partial charge on any atom is -0.361 e. The van der Waals surface area contributed by atoms with E-state index in [2.05, 4.69) is 15.3 Å². The molecule has 19 heavy (non-hydrogen) atoms. The number of fused-ring (bicyclic) bond motifs is 1. The van der Waals surface area contributed by atoms with Gasteiger partial charge in [0.15, 0.2) is 0 Å². The minimum absolute atomic E-state index is 0.150. The topological polar surface area (TPSA) is 57.8 Å². The molecular formula is C15H13N3O. The van der Waals surface area contributed by atoms with E-state index in [0.717, 1.165) is 16.5 Å². The van der Waals surface area contributed by atoms with Crippen molar-refractivity contribution >= 4 is 22.6 Å². The van der Waals surface area contributed by atoms with E-state index in [9.17, 15) is 4.79 Å². The van der Waals surface area contributed by atoms with Gasteiger partial charge in [-0.2, -0.15) is 0 Å². The third-order valence-corrected chi connectivity index (χ3v) is 3.00. The summed E-state index contributed by atoms with van der Waals surface area (Å²) in [4.78, 5) is 19.5. The number of carbonyl (C=O) groups is 1. The van der Waals surface area contributed by atoms with Crippen molar-refractivity contribution in [3.05, 3.63) is 59.9 Å². The standard InChI is InChI=1S/C15H13N3O/c1-10-5-7-17-14(9-10)18-15(19)12-3-2-4-13-11(12)6-8-16-13/h2-9,16H,1H3,(H,17,18,19). The summed E-state index contributed by atoms with van der Waals surface area (Å²) in [6, 6.07) is 11.2. The first-order valence-electron chi connectivity index (χ1n) is 6.04. The monoisotopic (exact) mass is 251 g/mol. The van der Waals surface area contributed by atoms with Crippen LogP contribution in [0, 0.1) is 6.92 Å². The van der Waals surface area contributed by atoms with Gasteiger partial charge >= 0.3 is 0 Å². The summed E-state index contributed by atoms with van der Waals surface area (Å²) in [7, 11) is 0. The Balaban J connectivity index is 1.94. The average Bonchev–Trinajstić information content (AvgIpc) is 2.86. The Kier molecular flexibility index (Phi) is 2.76. The molecule has 0 bridgehead atoms. The fraction of sp³-hybridized carbons (Fsp3) is 0.0667. The summed E-state index contributed by atoms with van der Waals surface area (Å²) in [5.41, 5.74) is 2.65. The van der Waals surface area contributed by atoms with Crippen molar-refractivity contribution in [3.63, 3.8) is 0 Å². The first kappa shape index (κ1) is 11.5. The number of hydrogen-bond acceptors (Lipinski definition) is 2. The third kappa shape index (κ3) is 2.20. The summed E-state index contributed by atoms with van der Waals surface area (Å²) >= 11 is 0. The van der Waals surface area contributed by atoms with Crippen LogP contribution in [-0.4, -0.2) is 15.9 Å². The number of nitrogens with one attached hydrogen (secondary N) is 2. The van der Waals surface area contributed by atoms with Crippen LogP contribution in [0.15, 0.2) is 48.8 Å². The third-order valence-electron chi connectivity index (χ3n) is 3.00. The van der Waals surface area contributed by atoms with Gasteiger partial charge in [0.2, 0.25) is 0 Å². The molecule has 4 nitrogen and oxygen atoms in total. The van der Waals surface area contributed by atoms with Crippen LogP contribution >= 0.6 is 0 Å². The van der Waals surface area contributed by atoms with Crippen LogP contribution < -0.4 is 5.32 Å². The lowest BCUT2D eigenvalue weighted by molar-refractivity contribution is 0.102. The first-order valence-corrected chi connectivity index (χ1v) is 6.04. The van der Waals surface area contributed by atoms with Crippen LogP contribution in [0.4, 0.5) is 5.82 Å². The highest BCUT2D eigenvalue weighted by Gasteiger charge is 2.11. The maximum atomic E-state index is 12.3. The van der Waals surface area contributed by atoms with E-state index in [0.29, 0.717) is 11.4 Å². The Labute approximate surface area is 110 Å². The zero-order chi connectivity index (χ0) is 13.2. The molecule has 0 fully saturated rings. The summed E-state index contributed by atoms with van der Waals surface area (Å²) in [5, 5.41) is 3.73. The van der Waals surface area contributed by atoms with Gasteiger partial charge < -0.3 is 10.3 Å². The van der Waals surface area contributed by atoms with E-state index in [1.165, 1.54) is 0 Å². The van der Waals surface area contributed by atoms with Gasteiger partial charge in [0.25, 0.3) is 5.91 Å². The van der Waals surface area contributed by atoms with E-state index in [1.807, 2.05) is 43.5 Å². The van der Waals surface area contributed by atoms with E-state index in [1.54, 1.807) is 12.3 Å². The van der Waals surface area contributed by atoms with Crippen LogP contribution in [0.25, 0.3) is 10.9 Å². The average molecular weight is 251 g/mol. The van der Waals surface area contributed by atoms with Crippen molar-refractivity contribution in [3.8, 4) is 0 Å². The molecule has 4 heteroatoms. The van der Waals surface area contributed by atoms with Crippen LogP contribution in [0.1, 0.15) is 15.9 Å². The van der Waals surface area contributed by atoms with Crippen LogP contribution in [0.2, 0.25) is 0 Å². The number of carbonyl (C=O) groups excluding carboxylic acids is 1. The molecule has 94 valence electrons. The van der Waals surface area contributed by atoms with E-state index in [-0.39, 0.29) is 5.91 Å². The molecule has 0 atom stereocenters. The number of nitrogens with zero attached hydrogens (tertiary/aromatic N) is 1. The van der Waals surface area contributed by atoms with Gasteiger partial charge in [-0.3, -0.25) is 4.79 Å². The van der Waals surface area contributed by atoms with Crippen molar-refractivity contribution < 1.29 is 4.79 Å². The quantitative estimate of drug-likeness (QED) is 0.735. The fourth-order valence-electron chi connectivity index (χ4n) is 2.07. The summed E-state index contributed by atoms with van der Waals surface area (Å²) in [6.07, 6.45) is 3.51. The molecule has 2 N–H and O–H groups in total. The Morgan fingerprint density at radius 1 is 1.26 bits per heavy atom.